The molecule has 15 heavy (non-hydrogen) atoms. The van der Waals surface area contributed by atoms with E-state index >= 15 is 0 Å². The molecule has 0 aromatic heterocycles. The maximum atomic E-state index is 3.55. The molecule has 0 bridgehead atoms. The summed E-state index contributed by atoms with van der Waals surface area (Å²) in [5.41, 5.74) is 1.70. The van der Waals surface area contributed by atoms with Crippen molar-refractivity contribution in [1.29, 1.82) is 0 Å². The predicted octanol–water partition coefficient (Wildman–Crippen LogP) is 3.37. The molecule has 2 unspecified atom stereocenters. The smallest absolute Gasteiger partial charge is 0.00177 e. The minimum atomic E-state index is 0.774. The second-order valence-electron chi connectivity index (χ2n) is 5.57. The van der Waals surface area contributed by atoms with Gasteiger partial charge in [-0.2, -0.15) is 0 Å². The Morgan fingerprint density at radius 2 is 2.13 bits per heavy atom. The van der Waals surface area contributed by atoms with Gasteiger partial charge in [-0.05, 0) is 62.9 Å². The molecule has 0 radical (unpaired) electrons. The summed E-state index contributed by atoms with van der Waals surface area (Å²) in [6, 6.07) is 0. The summed E-state index contributed by atoms with van der Waals surface area (Å²) < 4.78 is 0. The van der Waals surface area contributed by atoms with Crippen molar-refractivity contribution in [2.45, 2.75) is 46.0 Å². The van der Waals surface area contributed by atoms with Crippen molar-refractivity contribution < 1.29 is 0 Å². The number of hydrogen-bond acceptors (Lipinski definition) is 1. The second kappa shape index (κ2) is 5.16. The molecule has 0 aromatic rings. The summed E-state index contributed by atoms with van der Waals surface area (Å²) in [4.78, 5) is 0. The molecule has 1 nitrogen and oxygen atoms in total. The Hall–Kier alpha value is -0.300. The molecule has 0 amide bonds. The molecule has 2 rings (SSSR count). The summed E-state index contributed by atoms with van der Waals surface area (Å²) in [5, 5.41) is 3.55. The van der Waals surface area contributed by atoms with Gasteiger partial charge in [-0.1, -0.05) is 25.5 Å². The van der Waals surface area contributed by atoms with Crippen molar-refractivity contribution in [3.63, 3.8) is 0 Å². The van der Waals surface area contributed by atoms with Crippen LogP contribution in [0.15, 0.2) is 11.6 Å². The van der Waals surface area contributed by atoms with Crippen molar-refractivity contribution >= 4 is 0 Å². The average Bonchev–Trinajstić information content (AvgIpc) is 2.30. The van der Waals surface area contributed by atoms with Crippen LogP contribution in [-0.2, 0) is 0 Å². The normalized spacial score (nSPS) is 32.9. The van der Waals surface area contributed by atoms with Gasteiger partial charge in [0.1, 0.15) is 0 Å². The summed E-state index contributed by atoms with van der Waals surface area (Å²) in [7, 11) is 0. The highest BCUT2D eigenvalue weighted by Gasteiger charge is 2.25. The fraction of sp³-hybridized carbons (Fsp3) is 0.857. The van der Waals surface area contributed by atoms with E-state index in [0.717, 1.165) is 17.8 Å². The highest BCUT2D eigenvalue weighted by Crippen LogP contribution is 2.34. The maximum absolute atomic E-state index is 3.55. The lowest BCUT2D eigenvalue weighted by atomic mass is 9.76. The average molecular weight is 207 g/mol. The fourth-order valence-electron chi connectivity index (χ4n) is 3.11. The summed E-state index contributed by atoms with van der Waals surface area (Å²) in [6.45, 7) is 7.18. The maximum Gasteiger partial charge on any atom is -0.00177 e. The molecule has 0 aromatic carbocycles. The lowest BCUT2D eigenvalue weighted by molar-refractivity contribution is 0.244. The van der Waals surface area contributed by atoms with Crippen LogP contribution in [0, 0.1) is 17.8 Å². The van der Waals surface area contributed by atoms with Crippen LogP contribution in [0.1, 0.15) is 46.0 Å². The molecule has 1 aliphatic heterocycles. The highest BCUT2D eigenvalue weighted by molar-refractivity contribution is 5.09. The van der Waals surface area contributed by atoms with Gasteiger partial charge >= 0.3 is 0 Å². The van der Waals surface area contributed by atoms with Gasteiger partial charge in [-0.3, -0.25) is 0 Å². The lowest BCUT2D eigenvalue weighted by Crippen LogP contribution is -2.34. The molecule has 1 N–H and O–H groups in total. The summed E-state index contributed by atoms with van der Waals surface area (Å²) in [5.74, 6) is 2.71. The number of rotatable bonds is 2. The van der Waals surface area contributed by atoms with Crippen LogP contribution in [0.5, 0.6) is 0 Å². The third-order valence-electron chi connectivity index (χ3n) is 4.23. The third kappa shape index (κ3) is 2.84. The van der Waals surface area contributed by atoms with Crippen LogP contribution >= 0.6 is 0 Å². The molecular formula is C14H25N. The summed E-state index contributed by atoms with van der Waals surface area (Å²) >= 11 is 0. The first kappa shape index (κ1) is 11.2. The minimum Gasteiger partial charge on any atom is -0.316 e. The zero-order valence-electron chi connectivity index (χ0n) is 10.3. The van der Waals surface area contributed by atoms with Crippen LogP contribution in [0.4, 0.5) is 0 Å². The monoisotopic (exact) mass is 207 g/mol. The van der Waals surface area contributed by atoms with E-state index in [-0.39, 0.29) is 0 Å². The minimum absolute atomic E-state index is 0.774. The Morgan fingerprint density at radius 1 is 1.27 bits per heavy atom. The SMILES string of the molecule is CC(C)C1=CCC(C2CCCNC2)CC1. The standard InChI is InChI=1S/C14H25N/c1-11(2)12-5-7-13(8-6-12)14-4-3-9-15-10-14/h5,11,13-15H,3-4,6-10H2,1-2H3. The van der Waals surface area contributed by atoms with Gasteiger partial charge < -0.3 is 5.32 Å². The van der Waals surface area contributed by atoms with Crippen molar-refractivity contribution in [2.75, 3.05) is 13.1 Å². The van der Waals surface area contributed by atoms with Crippen LogP contribution < -0.4 is 5.32 Å². The van der Waals surface area contributed by atoms with Crippen LogP contribution in [0.25, 0.3) is 0 Å². The Balaban J connectivity index is 1.86. The molecule has 1 heteroatoms. The van der Waals surface area contributed by atoms with Crippen molar-refractivity contribution in [3.8, 4) is 0 Å². The van der Waals surface area contributed by atoms with Gasteiger partial charge in [-0.15, -0.1) is 0 Å². The van der Waals surface area contributed by atoms with Crippen molar-refractivity contribution in [3.05, 3.63) is 11.6 Å². The Morgan fingerprint density at radius 3 is 2.67 bits per heavy atom. The molecule has 2 aliphatic rings. The molecule has 1 saturated heterocycles. The van der Waals surface area contributed by atoms with Gasteiger partial charge in [0, 0.05) is 0 Å². The number of hydrogen-bond donors (Lipinski definition) is 1. The van der Waals surface area contributed by atoms with E-state index in [1.54, 1.807) is 5.57 Å². The molecule has 0 spiro atoms. The zero-order valence-corrected chi connectivity index (χ0v) is 10.3. The number of allylic oxidation sites excluding steroid dienone is 2. The Kier molecular flexibility index (Phi) is 3.85. The van der Waals surface area contributed by atoms with E-state index in [1.807, 2.05) is 0 Å². The molecule has 86 valence electrons. The van der Waals surface area contributed by atoms with E-state index in [2.05, 4.69) is 25.2 Å². The topological polar surface area (TPSA) is 12.0 Å². The molecule has 1 aliphatic carbocycles. The Labute approximate surface area is 94.3 Å². The van der Waals surface area contributed by atoms with E-state index in [1.165, 1.54) is 45.2 Å². The molecular weight excluding hydrogens is 182 g/mol. The largest absolute Gasteiger partial charge is 0.316 e. The van der Waals surface area contributed by atoms with E-state index < -0.39 is 0 Å². The first-order valence-electron chi connectivity index (χ1n) is 6.67. The van der Waals surface area contributed by atoms with Gasteiger partial charge in [0.05, 0.1) is 0 Å². The lowest BCUT2D eigenvalue weighted by Gasteiger charge is -2.33. The molecule has 1 heterocycles. The van der Waals surface area contributed by atoms with E-state index in [9.17, 15) is 0 Å². The number of piperidine rings is 1. The number of nitrogens with one attached hydrogen (secondary N) is 1. The van der Waals surface area contributed by atoms with Gasteiger partial charge in [0.25, 0.3) is 0 Å². The van der Waals surface area contributed by atoms with Crippen LogP contribution in [-0.4, -0.2) is 13.1 Å². The quantitative estimate of drug-likeness (QED) is 0.685. The molecule has 1 fully saturated rings. The van der Waals surface area contributed by atoms with Crippen LogP contribution in [0.2, 0.25) is 0 Å². The molecule has 2 atom stereocenters. The van der Waals surface area contributed by atoms with Gasteiger partial charge in [0.2, 0.25) is 0 Å². The predicted molar refractivity (Wildman–Crippen MR) is 65.9 cm³/mol. The molecule has 0 saturated carbocycles. The van der Waals surface area contributed by atoms with Gasteiger partial charge in [0.15, 0.2) is 0 Å². The summed E-state index contributed by atoms with van der Waals surface area (Å²) in [6.07, 6.45) is 9.53. The highest BCUT2D eigenvalue weighted by atomic mass is 14.9. The van der Waals surface area contributed by atoms with Crippen molar-refractivity contribution in [1.82, 2.24) is 5.32 Å². The van der Waals surface area contributed by atoms with Crippen LogP contribution in [0.3, 0.4) is 0 Å². The first-order chi connectivity index (χ1) is 7.27. The van der Waals surface area contributed by atoms with E-state index in [0.29, 0.717) is 0 Å². The van der Waals surface area contributed by atoms with Gasteiger partial charge in [-0.25, -0.2) is 0 Å². The Bertz CT molecular complexity index is 223. The van der Waals surface area contributed by atoms with Crippen molar-refractivity contribution in [2.24, 2.45) is 17.8 Å². The first-order valence-corrected chi connectivity index (χ1v) is 6.67. The van der Waals surface area contributed by atoms with E-state index in [4.69, 9.17) is 0 Å². The zero-order chi connectivity index (χ0) is 10.7. The fourth-order valence-corrected chi connectivity index (χ4v) is 3.11. The second-order valence-corrected chi connectivity index (χ2v) is 5.57. The third-order valence-corrected chi connectivity index (χ3v) is 4.23.